The van der Waals surface area contributed by atoms with Crippen LogP contribution in [0.15, 0.2) is 66.2 Å². The van der Waals surface area contributed by atoms with E-state index in [2.05, 4.69) is 15.3 Å². The fourth-order valence-electron chi connectivity index (χ4n) is 2.61. The number of carbonyl (C=O) groups is 1. The van der Waals surface area contributed by atoms with Crippen molar-refractivity contribution >= 4 is 34.3 Å². The van der Waals surface area contributed by atoms with Crippen LogP contribution < -0.4 is 10.1 Å². The zero-order valence-corrected chi connectivity index (χ0v) is 16.7. The number of nitrogens with one attached hydrogen (secondary N) is 1. The van der Waals surface area contributed by atoms with Crippen LogP contribution in [0.1, 0.15) is 21.1 Å². The molecule has 3 aromatic heterocycles. The number of nitrogens with zero attached hydrogens (tertiary/aromatic N) is 2. The molecule has 0 unspecified atom stereocenters. The molecule has 0 saturated carbocycles. The van der Waals surface area contributed by atoms with Crippen LogP contribution in [-0.2, 0) is 6.61 Å². The van der Waals surface area contributed by atoms with E-state index in [9.17, 15) is 4.79 Å². The minimum absolute atomic E-state index is 0.167. The third-order valence-electron chi connectivity index (χ3n) is 3.94. The topological polar surface area (TPSA) is 64.1 Å². The van der Waals surface area contributed by atoms with Crippen molar-refractivity contribution in [3.05, 3.63) is 82.4 Å². The molecule has 1 aromatic carbocycles. The maximum Gasteiger partial charge on any atom is 0.267 e. The molecule has 4 rings (SSSR count). The van der Waals surface area contributed by atoms with Crippen molar-refractivity contribution in [2.75, 3.05) is 5.32 Å². The largest absolute Gasteiger partial charge is 0.487 e. The third kappa shape index (κ3) is 4.27. The molecule has 0 bridgehead atoms. The summed E-state index contributed by atoms with van der Waals surface area (Å²) in [7, 11) is 0. The van der Waals surface area contributed by atoms with Crippen molar-refractivity contribution in [3.63, 3.8) is 0 Å². The minimum Gasteiger partial charge on any atom is -0.487 e. The van der Waals surface area contributed by atoms with Gasteiger partial charge in [-0.15, -0.1) is 22.7 Å². The summed E-state index contributed by atoms with van der Waals surface area (Å²) in [5.41, 5.74) is 2.25. The molecule has 0 aliphatic heterocycles. The van der Waals surface area contributed by atoms with Crippen LogP contribution in [0.25, 0.3) is 9.88 Å². The Hall–Kier alpha value is -3.03. The number of ether oxygens (including phenoxy) is 1. The SMILES string of the molecule is Cc1nc(-c2cccs2)sc1C(=O)Nc1cccc(OCc2ccccn2)c1. The molecule has 3 heterocycles. The fourth-order valence-corrected chi connectivity index (χ4v) is 4.36. The van der Waals surface area contributed by atoms with Crippen LogP contribution in [0.5, 0.6) is 5.75 Å². The number of aryl methyl sites for hydroxylation is 1. The second kappa shape index (κ2) is 8.33. The molecule has 0 radical (unpaired) electrons. The lowest BCUT2D eigenvalue weighted by Crippen LogP contribution is -2.11. The molecule has 1 amide bonds. The number of aromatic nitrogens is 2. The molecular formula is C21H17N3O2S2. The summed E-state index contributed by atoms with van der Waals surface area (Å²) in [6.45, 7) is 2.23. The number of hydrogen-bond donors (Lipinski definition) is 1. The summed E-state index contributed by atoms with van der Waals surface area (Å²) in [5, 5.41) is 5.80. The van der Waals surface area contributed by atoms with Gasteiger partial charge in [-0.3, -0.25) is 9.78 Å². The molecule has 5 nitrogen and oxygen atoms in total. The first-order chi connectivity index (χ1) is 13.7. The van der Waals surface area contributed by atoms with Crippen LogP contribution in [0.2, 0.25) is 0 Å². The van der Waals surface area contributed by atoms with E-state index in [0.29, 0.717) is 22.9 Å². The highest BCUT2D eigenvalue weighted by molar-refractivity contribution is 7.22. The molecule has 0 atom stereocenters. The number of benzene rings is 1. The van der Waals surface area contributed by atoms with Gasteiger partial charge in [-0.2, -0.15) is 0 Å². The Morgan fingerprint density at radius 3 is 2.86 bits per heavy atom. The van der Waals surface area contributed by atoms with Gasteiger partial charge in [0, 0.05) is 18.0 Å². The summed E-state index contributed by atoms with van der Waals surface area (Å²) in [6, 6.07) is 17.0. The maximum absolute atomic E-state index is 12.7. The standard InChI is InChI=1S/C21H17N3O2S2/c1-14-19(28-21(23-14)18-9-5-11-27-18)20(25)24-15-7-4-8-17(12-15)26-13-16-6-2-3-10-22-16/h2-12H,13H2,1H3,(H,24,25). The Labute approximate surface area is 170 Å². The molecule has 7 heteroatoms. The van der Waals surface area contributed by atoms with E-state index in [1.165, 1.54) is 11.3 Å². The van der Waals surface area contributed by atoms with Gasteiger partial charge in [0.05, 0.1) is 16.3 Å². The highest BCUT2D eigenvalue weighted by atomic mass is 32.1. The Morgan fingerprint density at radius 2 is 2.07 bits per heavy atom. The fraction of sp³-hybridized carbons (Fsp3) is 0.0952. The molecular weight excluding hydrogens is 390 g/mol. The number of thiophene rings is 1. The van der Waals surface area contributed by atoms with Crippen molar-refractivity contribution in [1.29, 1.82) is 0 Å². The van der Waals surface area contributed by atoms with E-state index >= 15 is 0 Å². The lowest BCUT2D eigenvalue weighted by molar-refractivity contribution is 0.103. The van der Waals surface area contributed by atoms with Crippen molar-refractivity contribution in [1.82, 2.24) is 9.97 Å². The summed E-state index contributed by atoms with van der Waals surface area (Å²) >= 11 is 3.02. The van der Waals surface area contributed by atoms with Gasteiger partial charge in [-0.25, -0.2) is 4.98 Å². The van der Waals surface area contributed by atoms with Crippen molar-refractivity contribution in [3.8, 4) is 15.6 Å². The van der Waals surface area contributed by atoms with Gasteiger partial charge in [-0.1, -0.05) is 18.2 Å². The van der Waals surface area contributed by atoms with E-state index in [-0.39, 0.29) is 5.91 Å². The van der Waals surface area contributed by atoms with Crippen LogP contribution in [0, 0.1) is 6.92 Å². The predicted octanol–water partition coefficient (Wildman–Crippen LogP) is 5.41. The molecule has 0 spiro atoms. The van der Waals surface area contributed by atoms with E-state index in [4.69, 9.17) is 4.74 Å². The molecule has 4 aromatic rings. The number of pyridine rings is 1. The van der Waals surface area contributed by atoms with E-state index in [0.717, 1.165) is 21.3 Å². The normalized spacial score (nSPS) is 10.6. The summed E-state index contributed by atoms with van der Waals surface area (Å²) in [6.07, 6.45) is 1.73. The minimum atomic E-state index is -0.167. The highest BCUT2D eigenvalue weighted by Gasteiger charge is 2.17. The van der Waals surface area contributed by atoms with Crippen molar-refractivity contribution < 1.29 is 9.53 Å². The van der Waals surface area contributed by atoms with E-state index < -0.39 is 0 Å². The molecule has 0 aliphatic rings. The second-order valence-corrected chi connectivity index (χ2v) is 7.95. The highest BCUT2D eigenvalue weighted by Crippen LogP contribution is 2.31. The molecule has 0 fully saturated rings. The zero-order chi connectivity index (χ0) is 19.3. The molecule has 28 heavy (non-hydrogen) atoms. The quantitative estimate of drug-likeness (QED) is 0.464. The molecule has 0 saturated heterocycles. The molecule has 140 valence electrons. The van der Waals surface area contributed by atoms with Gasteiger partial charge in [-0.05, 0) is 42.6 Å². The number of rotatable bonds is 6. The first-order valence-corrected chi connectivity index (χ1v) is 10.3. The van der Waals surface area contributed by atoms with Crippen LogP contribution >= 0.6 is 22.7 Å². The number of hydrogen-bond acceptors (Lipinski definition) is 6. The molecule has 1 N–H and O–H groups in total. The maximum atomic E-state index is 12.7. The van der Waals surface area contributed by atoms with Crippen molar-refractivity contribution in [2.24, 2.45) is 0 Å². The Kier molecular flexibility index (Phi) is 5.45. The first-order valence-electron chi connectivity index (χ1n) is 8.64. The van der Waals surface area contributed by atoms with Crippen LogP contribution in [-0.4, -0.2) is 15.9 Å². The average molecular weight is 408 g/mol. The van der Waals surface area contributed by atoms with Gasteiger partial charge in [0.2, 0.25) is 0 Å². The monoisotopic (exact) mass is 407 g/mol. The van der Waals surface area contributed by atoms with Crippen molar-refractivity contribution in [2.45, 2.75) is 13.5 Å². The smallest absolute Gasteiger partial charge is 0.267 e. The number of anilines is 1. The number of thiazole rings is 1. The van der Waals surface area contributed by atoms with Gasteiger partial charge in [0.15, 0.2) is 0 Å². The first kappa shape index (κ1) is 18.3. The number of amides is 1. The number of carbonyl (C=O) groups excluding carboxylic acids is 1. The van der Waals surface area contributed by atoms with Gasteiger partial charge in [0.1, 0.15) is 22.2 Å². The zero-order valence-electron chi connectivity index (χ0n) is 15.1. The Bertz CT molecular complexity index is 1080. The lowest BCUT2D eigenvalue weighted by atomic mass is 10.3. The second-order valence-electron chi connectivity index (χ2n) is 6.00. The molecule has 0 aliphatic carbocycles. The average Bonchev–Trinajstić information content (AvgIpc) is 3.37. The van der Waals surface area contributed by atoms with Crippen LogP contribution in [0.3, 0.4) is 0 Å². The van der Waals surface area contributed by atoms with E-state index in [1.807, 2.05) is 60.8 Å². The summed E-state index contributed by atoms with van der Waals surface area (Å²) in [5.74, 6) is 0.503. The van der Waals surface area contributed by atoms with Gasteiger partial charge < -0.3 is 10.1 Å². The third-order valence-corrected chi connectivity index (χ3v) is 6.13. The Morgan fingerprint density at radius 1 is 1.14 bits per heavy atom. The van der Waals surface area contributed by atoms with E-state index in [1.54, 1.807) is 23.6 Å². The van der Waals surface area contributed by atoms with Gasteiger partial charge >= 0.3 is 0 Å². The summed E-state index contributed by atoms with van der Waals surface area (Å²) < 4.78 is 5.77. The summed E-state index contributed by atoms with van der Waals surface area (Å²) in [4.78, 5) is 23.2. The van der Waals surface area contributed by atoms with Gasteiger partial charge in [0.25, 0.3) is 5.91 Å². The lowest BCUT2D eigenvalue weighted by Gasteiger charge is -2.08. The van der Waals surface area contributed by atoms with Crippen LogP contribution in [0.4, 0.5) is 5.69 Å². The predicted molar refractivity (Wildman–Crippen MR) is 113 cm³/mol. The Balaban J connectivity index is 1.45.